The van der Waals surface area contributed by atoms with Gasteiger partial charge in [-0.05, 0) is 24.1 Å². The third kappa shape index (κ3) is 6.09. The van der Waals surface area contributed by atoms with E-state index in [2.05, 4.69) is 15.7 Å². The second kappa shape index (κ2) is 9.60. The van der Waals surface area contributed by atoms with Crippen molar-refractivity contribution in [2.24, 2.45) is 5.73 Å². The number of carbonyl (C=O) groups excluding carboxylic acids is 2. The predicted molar refractivity (Wildman–Crippen MR) is 89.6 cm³/mol. The van der Waals surface area contributed by atoms with Crippen LogP contribution in [0.15, 0.2) is 42.7 Å². The lowest BCUT2D eigenvalue weighted by molar-refractivity contribution is -0.125. The molecule has 2 amide bonds. The Kier molecular flexibility index (Phi) is 7.79. The monoisotopic (exact) mass is 337 g/mol. The third-order valence-electron chi connectivity index (χ3n) is 3.02. The number of para-hydroxylation sites is 1. The van der Waals surface area contributed by atoms with Crippen LogP contribution in [0.1, 0.15) is 5.56 Å². The molecule has 0 saturated heterocycles. The van der Waals surface area contributed by atoms with E-state index in [1.807, 2.05) is 36.5 Å². The van der Waals surface area contributed by atoms with Gasteiger partial charge in [-0.15, -0.1) is 12.4 Å². The number of nitrogens with one attached hydrogen (secondary N) is 2. The van der Waals surface area contributed by atoms with Crippen LogP contribution in [0.2, 0.25) is 0 Å². The summed E-state index contributed by atoms with van der Waals surface area (Å²) in [6.45, 7) is 0.309. The van der Waals surface area contributed by atoms with E-state index in [1.54, 1.807) is 10.9 Å². The molecule has 0 aliphatic carbocycles. The first kappa shape index (κ1) is 18.7. The Morgan fingerprint density at radius 1 is 1.13 bits per heavy atom. The lowest BCUT2D eigenvalue weighted by Crippen LogP contribution is -2.40. The highest BCUT2D eigenvalue weighted by atomic mass is 35.5. The Bertz CT molecular complexity index is 630. The summed E-state index contributed by atoms with van der Waals surface area (Å²) in [6.07, 6.45) is 4.37. The third-order valence-corrected chi connectivity index (χ3v) is 3.02. The molecule has 0 radical (unpaired) electrons. The fraction of sp³-hybridized carbons (Fsp3) is 0.267. The standard InChI is InChI=1S/C15H19N5O2.ClH/c16-8-14(21)18-10-15(22)17-7-6-12-9-19-20(11-12)13-4-2-1-3-5-13;/h1-5,9,11H,6-8,10,16H2,(H,17,22)(H,18,21);1H. The van der Waals surface area contributed by atoms with Crippen LogP contribution in [0.3, 0.4) is 0 Å². The minimum atomic E-state index is -0.348. The number of nitrogens with zero attached hydrogens (tertiary/aromatic N) is 2. The molecule has 0 bridgehead atoms. The van der Waals surface area contributed by atoms with Gasteiger partial charge in [-0.2, -0.15) is 5.10 Å². The normalized spacial score (nSPS) is 9.78. The zero-order valence-corrected chi connectivity index (χ0v) is 13.4. The van der Waals surface area contributed by atoms with E-state index >= 15 is 0 Å². The molecule has 0 spiro atoms. The number of hydrogen-bond donors (Lipinski definition) is 3. The van der Waals surface area contributed by atoms with Crippen molar-refractivity contribution >= 4 is 24.2 Å². The first-order valence-electron chi connectivity index (χ1n) is 7.01. The highest BCUT2D eigenvalue weighted by Crippen LogP contribution is 2.07. The molecule has 0 atom stereocenters. The molecule has 1 heterocycles. The van der Waals surface area contributed by atoms with E-state index in [9.17, 15) is 9.59 Å². The fourth-order valence-electron chi connectivity index (χ4n) is 1.87. The zero-order valence-electron chi connectivity index (χ0n) is 12.6. The largest absolute Gasteiger partial charge is 0.354 e. The van der Waals surface area contributed by atoms with Crippen molar-refractivity contribution in [1.82, 2.24) is 20.4 Å². The van der Waals surface area contributed by atoms with Crippen molar-refractivity contribution in [3.05, 3.63) is 48.3 Å². The second-order valence-corrected chi connectivity index (χ2v) is 4.71. The lowest BCUT2D eigenvalue weighted by Gasteiger charge is -2.05. The molecule has 23 heavy (non-hydrogen) atoms. The van der Waals surface area contributed by atoms with Crippen LogP contribution < -0.4 is 16.4 Å². The van der Waals surface area contributed by atoms with E-state index in [0.29, 0.717) is 13.0 Å². The quantitative estimate of drug-likeness (QED) is 0.663. The van der Waals surface area contributed by atoms with Gasteiger partial charge in [0.2, 0.25) is 11.8 Å². The predicted octanol–water partition coefficient (Wildman–Crippen LogP) is 0.0277. The summed E-state index contributed by atoms with van der Waals surface area (Å²) < 4.78 is 1.79. The van der Waals surface area contributed by atoms with Crippen LogP contribution in [-0.4, -0.2) is 41.2 Å². The average molecular weight is 338 g/mol. The molecular weight excluding hydrogens is 318 g/mol. The number of aromatic nitrogens is 2. The molecule has 8 heteroatoms. The Labute approximate surface area is 140 Å². The van der Waals surface area contributed by atoms with Gasteiger partial charge in [-0.25, -0.2) is 4.68 Å². The number of hydrogen-bond acceptors (Lipinski definition) is 4. The summed E-state index contributed by atoms with van der Waals surface area (Å²) >= 11 is 0. The molecule has 2 rings (SSSR count). The molecular formula is C15H20ClN5O2. The molecule has 0 fully saturated rings. The van der Waals surface area contributed by atoms with Crippen molar-refractivity contribution in [1.29, 1.82) is 0 Å². The highest BCUT2D eigenvalue weighted by Gasteiger charge is 2.04. The van der Waals surface area contributed by atoms with Crippen molar-refractivity contribution < 1.29 is 9.59 Å². The Morgan fingerprint density at radius 3 is 2.57 bits per heavy atom. The number of nitrogens with two attached hydrogens (primary N) is 1. The van der Waals surface area contributed by atoms with Crippen LogP contribution in [-0.2, 0) is 16.0 Å². The zero-order chi connectivity index (χ0) is 15.8. The second-order valence-electron chi connectivity index (χ2n) is 4.71. The molecule has 0 saturated carbocycles. The summed E-state index contributed by atoms with van der Waals surface area (Å²) in [5.41, 5.74) is 7.14. The summed E-state index contributed by atoms with van der Waals surface area (Å²) in [6, 6.07) is 9.79. The van der Waals surface area contributed by atoms with E-state index in [1.165, 1.54) is 0 Å². The van der Waals surface area contributed by atoms with Gasteiger partial charge in [0.25, 0.3) is 0 Å². The summed E-state index contributed by atoms with van der Waals surface area (Å²) in [4.78, 5) is 22.4. The Hall–Kier alpha value is -2.38. The molecule has 7 nitrogen and oxygen atoms in total. The lowest BCUT2D eigenvalue weighted by atomic mass is 10.2. The van der Waals surface area contributed by atoms with Crippen molar-refractivity contribution in [2.45, 2.75) is 6.42 Å². The van der Waals surface area contributed by atoms with Gasteiger partial charge in [0, 0.05) is 12.7 Å². The van der Waals surface area contributed by atoms with Crippen LogP contribution in [0.25, 0.3) is 5.69 Å². The van der Waals surface area contributed by atoms with Crippen LogP contribution >= 0.6 is 12.4 Å². The molecule has 0 unspecified atom stereocenters. The smallest absolute Gasteiger partial charge is 0.239 e. The summed E-state index contributed by atoms with van der Waals surface area (Å²) in [5, 5.41) is 9.43. The Morgan fingerprint density at radius 2 is 1.87 bits per heavy atom. The molecule has 0 aliphatic rings. The number of carbonyl (C=O) groups is 2. The maximum atomic E-state index is 11.5. The van der Waals surface area contributed by atoms with Gasteiger partial charge in [-0.1, -0.05) is 18.2 Å². The molecule has 1 aromatic carbocycles. The van der Waals surface area contributed by atoms with Crippen LogP contribution in [0.4, 0.5) is 0 Å². The van der Waals surface area contributed by atoms with Crippen molar-refractivity contribution in [3.63, 3.8) is 0 Å². The summed E-state index contributed by atoms with van der Waals surface area (Å²) in [7, 11) is 0. The van der Waals surface area contributed by atoms with E-state index < -0.39 is 0 Å². The molecule has 2 aromatic rings. The number of halogens is 1. The maximum absolute atomic E-state index is 11.5. The van der Waals surface area contributed by atoms with Gasteiger partial charge < -0.3 is 16.4 Å². The minimum Gasteiger partial charge on any atom is -0.354 e. The first-order valence-corrected chi connectivity index (χ1v) is 7.01. The van der Waals surface area contributed by atoms with E-state index in [-0.39, 0.29) is 37.3 Å². The van der Waals surface area contributed by atoms with E-state index in [4.69, 9.17) is 5.73 Å². The Balaban J connectivity index is 0.00000264. The number of amides is 2. The fourth-order valence-corrected chi connectivity index (χ4v) is 1.87. The maximum Gasteiger partial charge on any atom is 0.239 e. The molecule has 1 aromatic heterocycles. The van der Waals surface area contributed by atoms with Gasteiger partial charge in [0.15, 0.2) is 0 Å². The molecule has 124 valence electrons. The highest BCUT2D eigenvalue weighted by molar-refractivity contribution is 5.85. The van der Waals surface area contributed by atoms with Crippen molar-refractivity contribution in [2.75, 3.05) is 19.6 Å². The van der Waals surface area contributed by atoms with Gasteiger partial charge in [0.1, 0.15) is 0 Å². The van der Waals surface area contributed by atoms with Crippen LogP contribution in [0, 0.1) is 0 Å². The minimum absolute atomic E-state index is 0. The number of rotatable bonds is 7. The topological polar surface area (TPSA) is 102 Å². The van der Waals surface area contributed by atoms with Crippen molar-refractivity contribution in [3.8, 4) is 5.69 Å². The number of benzene rings is 1. The molecule has 0 aliphatic heterocycles. The van der Waals surface area contributed by atoms with Gasteiger partial charge in [0.05, 0.1) is 25.0 Å². The average Bonchev–Trinajstić information content (AvgIpc) is 3.02. The van der Waals surface area contributed by atoms with E-state index in [0.717, 1.165) is 11.3 Å². The summed E-state index contributed by atoms with van der Waals surface area (Å²) in [5.74, 6) is -0.587. The van der Waals surface area contributed by atoms with Gasteiger partial charge in [-0.3, -0.25) is 9.59 Å². The first-order chi connectivity index (χ1) is 10.7. The van der Waals surface area contributed by atoms with Crippen LogP contribution in [0.5, 0.6) is 0 Å². The van der Waals surface area contributed by atoms with Gasteiger partial charge >= 0.3 is 0 Å². The SMILES string of the molecule is Cl.NCC(=O)NCC(=O)NCCc1cnn(-c2ccccc2)c1. The molecule has 4 N–H and O–H groups in total.